The van der Waals surface area contributed by atoms with Crippen molar-refractivity contribution in [1.82, 2.24) is 0 Å². The van der Waals surface area contributed by atoms with Crippen molar-refractivity contribution >= 4 is 59.3 Å². The maximum Gasteiger partial charge on any atom is 0.0640 e. The summed E-state index contributed by atoms with van der Waals surface area (Å²) >= 11 is 1.88. The monoisotopic (exact) mass is 609 g/mol. The molecule has 0 atom stereocenters. The molecule has 0 aliphatic heterocycles. The fourth-order valence-electron chi connectivity index (χ4n) is 6.75. The number of fused-ring (bicyclic) bond motifs is 4. The average molecular weight is 610 g/mol. The Kier molecular flexibility index (Phi) is 6.96. The van der Waals surface area contributed by atoms with Gasteiger partial charge in [0.25, 0.3) is 0 Å². The number of rotatable bonds is 5. The van der Waals surface area contributed by atoms with Crippen LogP contribution in [0.2, 0.25) is 0 Å². The molecule has 0 saturated heterocycles. The van der Waals surface area contributed by atoms with Gasteiger partial charge in [-0.3, -0.25) is 0 Å². The lowest BCUT2D eigenvalue weighted by Crippen LogP contribution is -2.14. The van der Waals surface area contributed by atoms with Gasteiger partial charge in [-0.25, -0.2) is 0 Å². The smallest absolute Gasteiger partial charge is 0.0640 e. The number of hydrogen-bond acceptors (Lipinski definition) is 2. The van der Waals surface area contributed by atoms with Gasteiger partial charge in [0.2, 0.25) is 0 Å². The van der Waals surface area contributed by atoms with Crippen molar-refractivity contribution in [3.05, 3.63) is 163 Å². The van der Waals surface area contributed by atoms with E-state index in [9.17, 15) is 0 Å². The minimum absolute atomic E-state index is 0.0730. The number of thiophene rings is 1. The van der Waals surface area contributed by atoms with Gasteiger partial charge >= 0.3 is 0 Å². The van der Waals surface area contributed by atoms with E-state index in [2.05, 4.69) is 183 Å². The van der Waals surface area contributed by atoms with Crippen molar-refractivity contribution in [3.63, 3.8) is 0 Å². The highest BCUT2D eigenvalue weighted by atomic mass is 32.1. The molecule has 1 heterocycles. The van der Waals surface area contributed by atoms with Gasteiger partial charge in [-0.05, 0) is 68.8 Å². The van der Waals surface area contributed by atoms with Gasteiger partial charge in [-0.2, -0.15) is 0 Å². The normalized spacial score (nSPS) is 11.8. The standard InChI is InChI=1S/C44H35NS/c1-44(2,3)32-26-28-33(29-27-32)45(40-24-13-22-38-36-19-8-10-25-41(36)46-43(38)40)39-23-9-7-18-35(39)37-21-12-17-31-16-11-20-34(42(31)37)30-14-5-4-6-15-30/h4-29H,1-3H3. The van der Waals surface area contributed by atoms with Gasteiger partial charge in [0, 0.05) is 26.7 Å². The molecule has 8 aromatic rings. The molecule has 0 aliphatic carbocycles. The third-order valence-corrected chi connectivity index (χ3v) is 10.2. The Morgan fingerprint density at radius 2 is 1.09 bits per heavy atom. The van der Waals surface area contributed by atoms with Crippen LogP contribution in [0.3, 0.4) is 0 Å². The van der Waals surface area contributed by atoms with Gasteiger partial charge in [0.15, 0.2) is 0 Å². The van der Waals surface area contributed by atoms with Gasteiger partial charge in [-0.1, -0.05) is 148 Å². The fraction of sp³-hybridized carbons (Fsp3) is 0.0909. The summed E-state index contributed by atoms with van der Waals surface area (Å²) in [5.74, 6) is 0. The first-order valence-electron chi connectivity index (χ1n) is 15.9. The number of benzene rings is 7. The van der Waals surface area contributed by atoms with E-state index >= 15 is 0 Å². The van der Waals surface area contributed by atoms with Crippen molar-refractivity contribution in [2.45, 2.75) is 26.2 Å². The third kappa shape index (κ3) is 4.87. The van der Waals surface area contributed by atoms with E-state index < -0.39 is 0 Å². The molecule has 8 rings (SSSR count). The van der Waals surface area contributed by atoms with Gasteiger partial charge in [-0.15, -0.1) is 11.3 Å². The molecule has 0 bridgehead atoms. The summed E-state index contributed by atoms with van der Waals surface area (Å²) in [6.45, 7) is 6.83. The summed E-state index contributed by atoms with van der Waals surface area (Å²) in [5, 5.41) is 5.11. The zero-order valence-corrected chi connectivity index (χ0v) is 27.2. The quantitative estimate of drug-likeness (QED) is 0.188. The fourth-order valence-corrected chi connectivity index (χ4v) is 7.95. The number of nitrogens with zero attached hydrogens (tertiary/aromatic N) is 1. The molecule has 1 nitrogen and oxygen atoms in total. The van der Waals surface area contributed by atoms with E-state index in [1.165, 1.54) is 64.4 Å². The molecule has 0 radical (unpaired) electrons. The van der Waals surface area contributed by atoms with Crippen LogP contribution in [0, 0.1) is 0 Å². The summed E-state index contributed by atoms with van der Waals surface area (Å²) in [7, 11) is 0. The lowest BCUT2D eigenvalue weighted by Gasteiger charge is -2.29. The van der Waals surface area contributed by atoms with Crippen LogP contribution in [0.5, 0.6) is 0 Å². The zero-order chi connectivity index (χ0) is 31.3. The van der Waals surface area contributed by atoms with Crippen molar-refractivity contribution in [2.75, 3.05) is 4.90 Å². The van der Waals surface area contributed by atoms with E-state index in [1.807, 2.05) is 11.3 Å². The lowest BCUT2D eigenvalue weighted by molar-refractivity contribution is 0.590. The first kappa shape index (κ1) is 28.3. The van der Waals surface area contributed by atoms with E-state index in [0.717, 1.165) is 11.4 Å². The molecule has 0 spiro atoms. The maximum absolute atomic E-state index is 2.48. The summed E-state index contributed by atoms with van der Waals surface area (Å²) in [6, 6.07) is 57.7. The third-order valence-electron chi connectivity index (χ3n) is 9.04. The lowest BCUT2D eigenvalue weighted by atomic mass is 9.87. The highest BCUT2D eigenvalue weighted by molar-refractivity contribution is 7.26. The second kappa shape index (κ2) is 11.3. The maximum atomic E-state index is 2.48. The van der Waals surface area contributed by atoms with Crippen molar-refractivity contribution in [3.8, 4) is 22.3 Å². The average Bonchev–Trinajstić information content (AvgIpc) is 3.48. The molecule has 0 amide bonds. The summed E-state index contributed by atoms with van der Waals surface area (Å²) in [5.41, 5.74) is 9.80. The Hall–Kier alpha value is -5.18. The highest BCUT2D eigenvalue weighted by Crippen LogP contribution is 2.48. The minimum Gasteiger partial charge on any atom is -0.308 e. The molecule has 0 unspecified atom stereocenters. The van der Waals surface area contributed by atoms with Gasteiger partial charge in [0.05, 0.1) is 16.1 Å². The Morgan fingerprint density at radius 3 is 1.87 bits per heavy atom. The van der Waals surface area contributed by atoms with Crippen LogP contribution < -0.4 is 4.90 Å². The molecule has 0 fully saturated rings. The summed E-state index contributed by atoms with van der Waals surface area (Å²) in [4.78, 5) is 2.48. The largest absolute Gasteiger partial charge is 0.308 e. The Morgan fingerprint density at radius 1 is 0.478 bits per heavy atom. The van der Waals surface area contributed by atoms with Crippen LogP contribution >= 0.6 is 11.3 Å². The molecule has 0 saturated carbocycles. The molecule has 46 heavy (non-hydrogen) atoms. The number of anilines is 3. The van der Waals surface area contributed by atoms with Crippen LogP contribution in [0.15, 0.2) is 158 Å². The Bertz CT molecular complexity index is 2330. The van der Waals surface area contributed by atoms with E-state index in [0.29, 0.717) is 0 Å². The van der Waals surface area contributed by atoms with Crippen LogP contribution in [0.25, 0.3) is 53.2 Å². The number of para-hydroxylation sites is 1. The van der Waals surface area contributed by atoms with Gasteiger partial charge in [0.1, 0.15) is 0 Å². The van der Waals surface area contributed by atoms with Crippen LogP contribution in [-0.4, -0.2) is 0 Å². The second-order valence-corrected chi connectivity index (χ2v) is 14.0. The molecule has 1 aromatic heterocycles. The molecule has 222 valence electrons. The Balaban J connectivity index is 1.42. The predicted molar refractivity (Wildman–Crippen MR) is 201 cm³/mol. The van der Waals surface area contributed by atoms with Crippen molar-refractivity contribution in [1.29, 1.82) is 0 Å². The van der Waals surface area contributed by atoms with Gasteiger partial charge < -0.3 is 4.90 Å². The van der Waals surface area contributed by atoms with E-state index in [-0.39, 0.29) is 5.41 Å². The van der Waals surface area contributed by atoms with E-state index in [1.54, 1.807) is 0 Å². The molecule has 0 N–H and O–H groups in total. The summed E-state index contributed by atoms with van der Waals surface area (Å²) < 4.78 is 2.60. The van der Waals surface area contributed by atoms with Crippen LogP contribution in [-0.2, 0) is 5.41 Å². The highest BCUT2D eigenvalue weighted by Gasteiger charge is 2.23. The first-order chi connectivity index (χ1) is 22.5. The Labute approximate surface area is 275 Å². The van der Waals surface area contributed by atoms with Crippen molar-refractivity contribution < 1.29 is 0 Å². The summed E-state index contributed by atoms with van der Waals surface area (Å²) in [6.07, 6.45) is 0. The van der Waals surface area contributed by atoms with E-state index in [4.69, 9.17) is 0 Å². The predicted octanol–water partition coefficient (Wildman–Crippen LogP) is 13.3. The molecule has 2 heteroatoms. The van der Waals surface area contributed by atoms with Crippen LogP contribution in [0.4, 0.5) is 17.1 Å². The second-order valence-electron chi connectivity index (χ2n) is 13.0. The molecule has 7 aromatic carbocycles. The zero-order valence-electron chi connectivity index (χ0n) is 26.4. The van der Waals surface area contributed by atoms with Crippen molar-refractivity contribution in [2.24, 2.45) is 0 Å². The molecular weight excluding hydrogens is 575 g/mol. The van der Waals surface area contributed by atoms with Crippen LogP contribution in [0.1, 0.15) is 26.3 Å². The number of hydrogen-bond donors (Lipinski definition) is 0. The SMILES string of the molecule is CC(C)(C)c1ccc(N(c2ccccc2-c2cccc3cccc(-c4ccccc4)c23)c2cccc3c2sc2ccccc23)cc1. The minimum atomic E-state index is 0.0730. The first-order valence-corrected chi connectivity index (χ1v) is 16.8. The molecule has 0 aliphatic rings. The molecular formula is C44H35NS. The topological polar surface area (TPSA) is 3.24 Å².